The third-order valence-electron chi connectivity index (χ3n) is 6.08. The highest BCUT2D eigenvalue weighted by Crippen LogP contribution is 2.31. The average Bonchev–Trinajstić information content (AvgIpc) is 2.82. The first kappa shape index (κ1) is 22.8. The molecule has 2 aromatic rings. The Labute approximate surface area is 197 Å². The van der Waals surface area contributed by atoms with Gasteiger partial charge in [-0.2, -0.15) is 0 Å². The molecule has 0 atom stereocenters. The van der Waals surface area contributed by atoms with Gasteiger partial charge in [0.05, 0.1) is 10.7 Å². The molecule has 1 aromatic carbocycles. The van der Waals surface area contributed by atoms with E-state index in [4.69, 9.17) is 4.74 Å². The van der Waals surface area contributed by atoms with Crippen molar-refractivity contribution in [1.29, 1.82) is 0 Å². The highest BCUT2D eigenvalue weighted by molar-refractivity contribution is 9.10. The van der Waals surface area contributed by atoms with Gasteiger partial charge in [-0.3, -0.25) is 9.78 Å². The Bertz CT molecular complexity index is 1110. The van der Waals surface area contributed by atoms with Crippen LogP contribution in [0.1, 0.15) is 24.8 Å². The third kappa shape index (κ3) is 5.15. The molecule has 7 nitrogen and oxygen atoms in total. The van der Waals surface area contributed by atoms with Gasteiger partial charge in [-0.1, -0.05) is 22.0 Å². The van der Waals surface area contributed by atoms with Gasteiger partial charge in [-0.25, -0.2) is 8.42 Å². The molecule has 1 fully saturated rings. The van der Waals surface area contributed by atoms with Gasteiger partial charge < -0.3 is 14.5 Å². The second-order valence-electron chi connectivity index (χ2n) is 8.08. The molecular formula is C23H26BrN3O4S. The maximum absolute atomic E-state index is 12.8. The normalized spacial score (nSPS) is 16.7. The van der Waals surface area contributed by atoms with Crippen LogP contribution in [0.2, 0.25) is 0 Å². The summed E-state index contributed by atoms with van der Waals surface area (Å²) in [5, 5.41) is 0. The zero-order valence-corrected chi connectivity index (χ0v) is 20.3. The summed E-state index contributed by atoms with van der Waals surface area (Å²) in [6.07, 6.45) is 6.87. The average molecular weight is 520 g/mol. The predicted octanol–water partition coefficient (Wildman–Crippen LogP) is 3.51. The molecule has 1 aromatic heterocycles. The van der Waals surface area contributed by atoms with Crippen LogP contribution in [0.25, 0.3) is 6.08 Å². The first-order valence-electron chi connectivity index (χ1n) is 10.6. The van der Waals surface area contributed by atoms with Crippen LogP contribution in [0.4, 0.5) is 5.69 Å². The lowest BCUT2D eigenvalue weighted by atomic mass is 10.0. The molecule has 0 saturated carbocycles. The number of sulfone groups is 1. The summed E-state index contributed by atoms with van der Waals surface area (Å²) in [5.41, 5.74) is 1.86. The quantitative estimate of drug-likeness (QED) is 0.580. The van der Waals surface area contributed by atoms with E-state index in [-0.39, 0.29) is 35.6 Å². The molecule has 0 bridgehead atoms. The van der Waals surface area contributed by atoms with Crippen LogP contribution in [0.5, 0.6) is 5.75 Å². The smallest absolute Gasteiger partial charge is 0.223 e. The number of fused-ring (bicyclic) bond motifs is 1. The van der Waals surface area contributed by atoms with Crippen molar-refractivity contribution in [3.05, 3.63) is 57.7 Å². The second-order valence-corrected chi connectivity index (χ2v) is 11.2. The molecule has 9 heteroatoms. The molecule has 0 radical (unpaired) electrons. The molecule has 0 N–H and O–H groups in total. The Kier molecular flexibility index (Phi) is 6.85. The van der Waals surface area contributed by atoms with Crippen molar-refractivity contribution < 1.29 is 17.9 Å². The number of carbonyl (C=O) groups excluding carboxylic acids is 1. The van der Waals surface area contributed by atoms with E-state index in [1.807, 2.05) is 30.3 Å². The van der Waals surface area contributed by atoms with E-state index in [1.54, 1.807) is 30.4 Å². The highest BCUT2D eigenvalue weighted by Gasteiger charge is 2.28. The number of hydrogen-bond acceptors (Lipinski definition) is 6. The fourth-order valence-electron chi connectivity index (χ4n) is 4.09. The van der Waals surface area contributed by atoms with Gasteiger partial charge in [0, 0.05) is 60.7 Å². The van der Waals surface area contributed by atoms with E-state index in [1.165, 1.54) is 0 Å². The van der Waals surface area contributed by atoms with Crippen LogP contribution in [0, 0.1) is 0 Å². The first-order chi connectivity index (χ1) is 15.3. The van der Waals surface area contributed by atoms with Crippen molar-refractivity contribution in [3.8, 4) is 5.75 Å². The van der Waals surface area contributed by atoms with Crippen molar-refractivity contribution in [2.24, 2.45) is 0 Å². The van der Waals surface area contributed by atoms with E-state index in [0.717, 1.165) is 41.7 Å². The highest BCUT2D eigenvalue weighted by atomic mass is 79.9. The molecule has 32 heavy (non-hydrogen) atoms. The lowest BCUT2D eigenvalue weighted by molar-refractivity contribution is -0.131. The summed E-state index contributed by atoms with van der Waals surface area (Å²) in [7, 11) is -1.80. The lowest BCUT2D eigenvalue weighted by Crippen LogP contribution is -2.46. The number of amides is 1. The Hall–Kier alpha value is -2.39. The molecule has 0 spiro atoms. The molecule has 4 rings (SSSR count). The monoisotopic (exact) mass is 519 g/mol. The van der Waals surface area contributed by atoms with Crippen molar-refractivity contribution in [3.63, 3.8) is 0 Å². The number of rotatable bonds is 6. The Balaban J connectivity index is 1.32. The number of ether oxygens (including phenoxy) is 1. The fraction of sp³-hybridized carbons (Fsp3) is 0.391. The van der Waals surface area contributed by atoms with E-state index in [2.05, 4.69) is 25.8 Å². The number of anilines is 1. The molecule has 2 aliphatic rings. The summed E-state index contributed by atoms with van der Waals surface area (Å²) >= 11 is 3.38. The Morgan fingerprint density at radius 2 is 1.94 bits per heavy atom. The summed E-state index contributed by atoms with van der Waals surface area (Å²) in [6, 6.07) is 9.55. The maximum atomic E-state index is 12.8. The summed E-state index contributed by atoms with van der Waals surface area (Å²) in [5.74, 6) is 0.289. The summed E-state index contributed by atoms with van der Waals surface area (Å²) in [6.45, 7) is 1.69. The summed E-state index contributed by atoms with van der Waals surface area (Å²) in [4.78, 5) is 21.0. The van der Waals surface area contributed by atoms with E-state index < -0.39 is 9.84 Å². The second kappa shape index (κ2) is 9.62. The molecule has 2 aliphatic heterocycles. The van der Waals surface area contributed by atoms with E-state index in [9.17, 15) is 13.2 Å². The third-order valence-corrected chi connectivity index (χ3v) is 8.35. The number of benzene rings is 1. The molecule has 1 saturated heterocycles. The maximum Gasteiger partial charge on any atom is 0.223 e. The largest absolute Gasteiger partial charge is 0.488 e. The van der Waals surface area contributed by atoms with Gasteiger partial charge in [0.25, 0.3) is 0 Å². The SMILES string of the molecule is CN(C(=O)CCS(=O)(=O)C1=Cc2ccc(Br)cc2OC1)C1CCN(c2ccncc2)CC1. The van der Waals surface area contributed by atoms with Gasteiger partial charge in [0.2, 0.25) is 5.91 Å². The first-order valence-corrected chi connectivity index (χ1v) is 13.0. The minimum Gasteiger partial charge on any atom is -0.488 e. The Morgan fingerprint density at radius 1 is 1.22 bits per heavy atom. The van der Waals surface area contributed by atoms with Crippen LogP contribution >= 0.6 is 15.9 Å². The van der Waals surface area contributed by atoms with Gasteiger partial charge in [-0.05, 0) is 43.2 Å². The molecule has 0 unspecified atom stereocenters. The predicted molar refractivity (Wildman–Crippen MR) is 128 cm³/mol. The topological polar surface area (TPSA) is 79.8 Å². The molecule has 0 aliphatic carbocycles. The van der Waals surface area contributed by atoms with Crippen LogP contribution in [-0.2, 0) is 14.6 Å². The molecule has 3 heterocycles. The number of piperidine rings is 1. The lowest BCUT2D eigenvalue weighted by Gasteiger charge is -2.37. The van der Waals surface area contributed by atoms with Crippen LogP contribution in [-0.4, -0.2) is 62.7 Å². The number of aromatic nitrogens is 1. The zero-order valence-electron chi connectivity index (χ0n) is 17.9. The zero-order chi connectivity index (χ0) is 22.7. The molecule has 1 amide bonds. The van der Waals surface area contributed by atoms with Gasteiger partial charge in [0.15, 0.2) is 9.84 Å². The van der Waals surface area contributed by atoms with Gasteiger partial charge >= 0.3 is 0 Å². The fourth-order valence-corrected chi connectivity index (χ4v) is 5.69. The van der Waals surface area contributed by atoms with Crippen LogP contribution in [0.15, 0.2) is 52.1 Å². The van der Waals surface area contributed by atoms with Crippen molar-refractivity contribution in [2.75, 3.05) is 37.4 Å². The van der Waals surface area contributed by atoms with Crippen LogP contribution < -0.4 is 9.64 Å². The van der Waals surface area contributed by atoms with Crippen LogP contribution in [0.3, 0.4) is 0 Å². The number of hydrogen-bond donors (Lipinski definition) is 0. The van der Waals surface area contributed by atoms with Gasteiger partial charge in [-0.15, -0.1) is 0 Å². The number of carbonyl (C=O) groups is 1. The number of halogens is 1. The van der Waals surface area contributed by atoms with Gasteiger partial charge in [0.1, 0.15) is 12.4 Å². The van der Waals surface area contributed by atoms with Crippen molar-refractivity contribution in [1.82, 2.24) is 9.88 Å². The van der Waals surface area contributed by atoms with E-state index in [0.29, 0.717) is 5.75 Å². The minimum absolute atomic E-state index is 0.0106. The standard InChI is InChI=1S/C23H26BrN3O4S/c1-26(19-6-11-27(12-7-19)20-4-9-25-10-5-20)23(28)8-13-32(29,30)21-14-17-2-3-18(24)15-22(17)31-16-21/h2-5,9-10,14-15,19H,6-8,11-13,16H2,1H3. The summed E-state index contributed by atoms with van der Waals surface area (Å²) < 4.78 is 32.1. The van der Waals surface area contributed by atoms with Crippen molar-refractivity contribution in [2.45, 2.75) is 25.3 Å². The molecule has 170 valence electrons. The molecular weight excluding hydrogens is 494 g/mol. The number of pyridine rings is 1. The number of nitrogens with zero attached hydrogens (tertiary/aromatic N) is 3. The minimum atomic E-state index is -3.58. The van der Waals surface area contributed by atoms with Crippen molar-refractivity contribution >= 4 is 43.4 Å². The van der Waals surface area contributed by atoms with E-state index >= 15 is 0 Å². The Morgan fingerprint density at radius 3 is 2.66 bits per heavy atom.